The van der Waals surface area contributed by atoms with Crippen molar-refractivity contribution in [3.05, 3.63) is 16.4 Å². The van der Waals surface area contributed by atoms with Crippen molar-refractivity contribution in [1.82, 2.24) is 9.55 Å². The molecule has 104 valence electrons. The van der Waals surface area contributed by atoms with Crippen LogP contribution in [0.25, 0.3) is 0 Å². The minimum atomic E-state index is -0.787. The van der Waals surface area contributed by atoms with Gasteiger partial charge in [-0.25, -0.2) is 0 Å². The highest BCUT2D eigenvalue weighted by Gasteiger charge is 2.29. The first-order valence-corrected chi connectivity index (χ1v) is 6.11. The summed E-state index contributed by atoms with van der Waals surface area (Å²) in [6.45, 7) is 1.25. The Morgan fingerprint density at radius 1 is 1.58 bits per heavy atom. The number of carboxylic acids is 1. The summed E-state index contributed by atoms with van der Waals surface area (Å²) in [5.41, 5.74) is 0. The number of nitrogens with zero attached hydrogens (tertiary/aromatic N) is 4. The number of carbonyl (C=O) groups is 1. The van der Waals surface area contributed by atoms with E-state index in [2.05, 4.69) is 4.98 Å². The molecule has 1 fully saturated rings. The SMILES string of the molecule is Cn1cnc([N+](=O)[O-])c1N1CCC(CC(=O)O)CC1. The molecule has 1 aliphatic rings. The van der Waals surface area contributed by atoms with E-state index in [0.717, 1.165) is 12.8 Å². The van der Waals surface area contributed by atoms with Gasteiger partial charge in [-0.05, 0) is 28.7 Å². The summed E-state index contributed by atoms with van der Waals surface area (Å²) >= 11 is 0. The standard InChI is InChI=1S/C11H16N4O4/c1-13-7-12-10(15(18)19)11(13)14-4-2-8(3-5-14)6-9(16)17/h7-8H,2-6H2,1H3,(H,16,17). The first-order chi connectivity index (χ1) is 8.99. The van der Waals surface area contributed by atoms with E-state index in [4.69, 9.17) is 5.11 Å². The number of rotatable bonds is 4. The Hall–Kier alpha value is -2.12. The molecule has 1 aliphatic heterocycles. The van der Waals surface area contributed by atoms with E-state index in [9.17, 15) is 14.9 Å². The highest BCUT2D eigenvalue weighted by molar-refractivity contribution is 5.67. The van der Waals surface area contributed by atoms with E-state index in [1.54, 1.807) is 11.6 Å². The van der Waals surface area contributed by atoms with E-state index >= 15 is 0 Å². The summed E-state index contributed by atoms with van der Waals surface area (Å²) in [4.78, 5) is 26.8. The van der Waals surface area contributed by atoms with Crippen LogP contribution in [0.15, 0.2) is 6.33 Å². The number of imidazole rings is 1. The largest absolute Gasteiger partial charge is 0.481 e. The summed E-state index contributed by atoms with van der Waals surface area (Å²) in [7, 11) is 1.72. The Balaban J connectivity index is 2.07. The Bertz CT molecular complexity index is 491. The fraction of sp³-hybridized carbons (Fsp3) is 0.636. The van der Waals surface area contributed by atoms with Gasteiger partial charge in [-0.3, -0.25) is 9.36 Å². The molecule has 0 unspecified atom stereocenters. The second-order valence-electron chi connectivity index (χ2n) is 4.79. The fourth-order valence-corrected chi connectivity index (χ4v) is 2.50. The van der Waals surface area contributed by atoms with Crippen molar-refractivity contribution in [2.45, 2.75) is 19.3 Å². The zero-order chi connectivity index (χ0) is 14.0. The predicted octanol–water partition coefficient (Wildman–Crippen LogP) is 1.02. The highest BCUT2D eigenvalue weighted by atomic mass is 16.6. The van der Waals surface area contributed by atoms with Gasteiger partial charge >= 0.3 is 11.8 Å². The van der Waals surface area contributed by atoms with Gasteiger partial charge in [0.1, 0.15) is 0 Å². The lowest BCUT2D eigenvalue weighted by molar-refractivity contribution is -0.388. The van der Waals surface area contributed by atoms with Gasteiger partial charge in [0.2, 0.25) is 12.1 Å². The van der Waals surface area contributed by atoms with Crippen LogP contribution in [0.4, 0.5) is 11.6 Å². The van der Waals surface area contributed by atoms with Crippen LogP contribution in [0, 0.1) is 16.0 Å². The first kappa shape index (κ1) is 13.3. The maximum atomic E-state index is 10.9. The van der Waals surface area contributed by atoms with Crippen molar-refractivity contribution >= 4 is 17.6 Å². The molecule has 2 heterocycles. The zero-order valence-corrected chi connectivity index (χ0v) is 10.7. The van der Waals surface area contributed by atoms with Crippen LogP contribution in [0.5, 0.6) is 0 Å². The van der Waals surface area contributed by atoms with E-state index in [1.807, 2.05) is 4.90 Å². The number of piperidine rings is 1. The highest BCUT2D eigenvalue weighted by Crippen LogP contribution is 2.30. The summed E-state index contributed by atoms with van der Waals surface area (Å²) < 4.78 is 1.63. The summed E-state index contributed by atoms with van der Waals surface area (Å²) in [5.74, 6) is -0.274. The lowest BCUT2D eigenvalue weighted by Gasteiger charge is -2.32. The quantitative estimate of drug-likeness (QED) is 0.646. The predicted molar refractivity (Wildman–Crippen MR) is 67.1 cm³/mol. The Morgan fingerprint density at radius 3 is 2.74 bits per heavy atom. The first-order valence-electron chi connectivity index (χ1n) is 6.11. The minimum absolute atomic E-state index is 0.140. The Labute approximate surface area is 109 Å². The second-order valence-corrected chi connectivity index (χ2v) is 4.79. The Morgan fingerprint density at radius 2 is 2.21 bits per heavy atom. The van der Waals surface area contributed by atoms with E-state index in [-0.39, 0.29) is 18.2 Å². The lowest BCUT2D eigenvalue weighted by atomic mass is 9.94. The summed E-state index contributed by atoms with van der Waals surface area (Å²) in [5, 5.41) is 19.7. The van der Waals surface area contributed by atoms with Crippen LogP contribution >= 0.6 is 0 Å². The number of carboxylic acid groups (broad SMARTS) is 1. The topological polar surface area (TPSA) is 101 Å². The fourth-order valence-electron chi connectivity index (χ4n) is 2.50. The van der Waals surface area contributed by atoms with Crippen molar-refractivity contribution in [3.63, 3.8) is 0 Å². The molecule has 0 aromatic carbocycles. The third kappa shape index (κ3) is 2.83. The molecule has 0 bridgehead atoms. The maximum Gasteiger partial charge on any atom is 0.406 e. The molecule has 0 aliphatic carbocycles. The molecule has 8 heteroatoms. The smallest absolute Gasteiger partial charge is 0.406 e. The van der Waals surface area contributed by atoms with Gasteiger partial charge < -0.3 is 20.1 Å². The van der Waals surface area contributed by atoms with Crippen LogP contribution in [0.2, 0.25) is 0 Å². The molecule has 0 saturated carbocycles. The maximum absolute atomic E-state index is 10.9. The lowest BCUT2D eigenvalue weighted by Crippen LogP contribution is -2.35. The second kappa shape index (κ2) is 5.25. The minimum Gasteiger partial charge on any atom is -0.481 e. The van der Waals surface area contributed by atoms with Gasteiger partial charge in [0, 0.05) is 26.6 Å². The third-order valence-corrected chi connectivity index (χ3v) is 3.44. The van der Waals surface area contributed by atoms with Crippen LogP contribution in [-0.2, 0) is 11.8 Å². The Kier molecular flexibility index (Phi) is 3.68. The molecule has 0 atom stereocenters. The molecule has 0 amide bonds. The van der Waals surface area contributed by atoms with Crippen molar-refractivity contribution in [2.24, 2.45) is 13.0 Å². The van der Waals surface area contributed by atoms with Crippen molar-refractivity contribution in [3.8, 4) is 0 Å². The molecular formula is C11H16N4O4. The van der Waals surface area contributed by atoms with E-state index < -0.39 is 10.9 Å². The molecule has 0 radical (unpaired) electrons. The molecule has 8 nitrogen and oxygen atoms in total. The van der Waals surface area contributed by atoms with Gasteiger partial charge in [-0.2, -0.15) is 0 Å². The van der Waals surface area contributed by atoms with Crippen LogP contribution in [0.1, 0.15) is 19.3 Å². The molecular weight excluding hydrogens is 252 g/mol. The van der Waals surface area contributed by atoms with Crippen LogP contribution in [-0.4, -0.2) is 38.6 Å². The molecule has 2 rings (SSSR count). The van der Waals surface area contributed by atoms with Gasteiger partial charge in [-0.15, -0.1) is 0 Å². The average Bonchev–Trinajstić information content (AvgIpc) is 2.71. The normalized spacial score (nSPS) is 16.6. The van der Waals surface area contributed by atoms with Gasteiger partial charge in [-0.1, -0.05) is 0 Å². The van der Waals surface area contributed by atoms with Crippen molar-refractivity contribution < 1.29 is 14.8 Å². The van der Waals surface area contributed by atoms with Gasteiger partial charge in [0.25, 0.3) is 0 Å². The van der Waals surface area contributed by atoms with Gasteiger partial charge in [0.05, 0.1) is 0 Å². The monoisotopic (exact) mass is 268 g/mol. The third-order valence-electron chi connectivity index (χ3n) is 3.44. The zero-order valence-electron chi connectivity index (χ0n) is 10.7. The summed E-state index contributed by atoms with van der Waals surface area (Å²) in [6, 6.07) is 0. The number of aromatic nitrogens is 2. The molecule has 1 aromatic heterocycles. The molecule has 1 saturated heterocycles. The van der Waals surface area contributed by atoms with Crippen molar-refractivity contribution in [1.29, 1.82) is 0 Å². The van der Waals surface area contributed by atoms with Crippen molar-refractivity contribution in [2.75, 3.05) is 18.0 Å². The van der Waals surface area contributed by atoms with Crippen LogP contribution < -0.4 is 4.90 Å². The number of hydrogen-bond donors (Lipinski definition) is 1. The van der Waals surface area contributed by atoms with Gasteiger partial charge in [0.15, 0.2) is 0 Å². The molecule has 1 aromatic rings. The number of aliphatic carboxylic acids is 1. The summed E-state index contributed by atoms with van der Waals surface area (Å²) in [6.07, 6.45) is 3.06. The van der Waals surface area contributed by atoms with Crippen LogP contribution in [0.3, 0.4) is 0 Å². The molecule has 0 spiro atoms. The molecule has 19 heavy (non-hydrogen) atoms. The number of aryl methyl sites for hydroxylation is 1. The van der Waals surface area contributed by atoms with E-state index in [0.29, 0.717) is 18.9 Å². The number of hydrogen-bond acceptors (Lipinski definition) is 5. The number of nitro groups is 1. The molecule has 1 N–H and O–H groups in total. The van der Waals surface area contributed by atoms with E-state index in [1.165, 1.54) is 6.33 Å². The average molecular weight is 268 g/mol. The number of anilines is 1.